The van der Waals surface area contributed by atoms with Crippen molar-refractivity contribution in [2.24, 2.45) is 0 Å². The van der Waals surface area contributed by atoms with Gasteiger partial charge in [-0.05, 0) is 5.56 Å². The maximum absolute atomic E-state index is 13.9. The van der Waals surface area contributed by atoms with Crippen LogP contribution in [0.15, 0.2) is 42.5 Å². The second kappa shape index (κ2) is 8.92. The van der Waals surface area contributed by atoms with Crippen LogP contribution in [-0.2, 0) is 11.3 Å². The molecule has 0 fully saturated rings. The monoisotopic (exact) mass is 379 g/mol. The maximum Gasteiger partial charge on any atom is 0.407 e. The summed E-state index contributed by atoms with van der Waals surface area (Å²) in [6.07, 6.45) is -4.31. The van der Waals surface area contributed by atoms with Crippen molar-refractivity contribution in [3.63, 3.8) is 0 Å². The molecule has 0 aromatic heterocycles. The van der Waals surface area contributed by atoms with E-state index in [4.69, 9.17) is 10.5 Å². The molecule has 2 unspecified atom stereocenters. The number of alkyl carbamates (subject to hydrolysis) is 1. The van der Waals surface area contributed by atoms with Crippen LogP contribution < -0.4 is 11.1 Å². The Kier molecular flexibility index (Phi) is 6.63. The average molecular weight is 379 g/mol. The summed E-state index contributed by atoms with van der Waals surface area (Å²) in [4.78, 5) is 21.7. The Bertz CT molecular complexity index is 818. The van der Waals surface area contributed by atoms with Gasteiger partial charge in [-0.25, -0.2) is 9.18 Å². The fourth-order valence-corrected chi connectivity index (χ4v) is 2.26. The summed E-state index contributed by atoms with van der Waals surface area (Å²) in [5, 5.41) is 33.1. The van der Waals surface area contributed by atoms with Crippen molar-refractivity contribution in [1.82, 2.24) is 5.32 Å². The topological polar surface area (TPSA) is 148 Å². The lowest BCUT2D eigenvalue weighted by molar-refractivity contribution is -0.384. The molecule has 0 aliphatic rings. The predicted molar refractivity (Wildman–Crippen MR) is 93.1 cm³/mol. The number of nitrogen functional groups attached to an aromatic ring is 1. The van der Waals surface area contributed by atoms with Gasteiger partial charge in [-0.2, -0.15) is 0 Å². The van der Waals surface area contributed by atoms with Gasteiger partial charge in [0.05, 0.1) is 4.92 Å². The summed E-state index contributed by atoms with van der Waals surface area (Å²) in [7, 11) is 0. The van der Waals surface area contributed by atoms with Crippen LogP contribution in [0.5, 0.6) is 0 Å². The zero-order chi connectivity index (χ0) is 20.0. The Morgan fingerprint density at radius 1 is 1.30 bits per heavy atom. The third-order valence-electron chi connectivity index (χ3n) is 3.69. The van der Waals surface area contributed by atoms with E-state index >= 15 is 0 Å². The lowest BCUT2D eigenvalue weighted by Crippen LogP contribution is -2.36. The lowest BCUT2D eigenvalue weighted by atomic mass is 10.0. The van der Waals surface area contributed by atoms with Crippen molar-refractivity contribution in [1.29, 1.82) is 0 Å². The Balaban J connectivity index is 1.93. The van der Waals surface area contributed by atoms with Crippen molar-refractivity contribution < 1.29 is 29.1 Å². The largest absolute Gasteiger partial charge is 0.445 e. The number of halogens is 1. The molecule has 2 atom stereocenters. The molecule has 0 spiro atoms. The van der Waals surface area contributed by atoms with Crippen LogP contribution in [0.2, 0.25) is 0 Å². The number of carbonyl (C=O) groups excluding carboxylic acids is 1. The smallest absolute Gasteiger partial charge is 0.407 e. The van der Waals surface area contributed by atoms with Gasteiger partial charge in [0.1, 0.15) is 30.3 Å². The summed E-state index contributed by atoms with van der Waals surface area (Å²) in [5.74, 6) is -1.02. The predicted octanol–water partition coefficient (Wildman–Crippen LogP) is 1.64. The molecule has 1 amide bonds. The lowest BCUT2D eigenvalue weighted by Gasteiger charge is -2.19. The summed E-state index contributed by atoms with van der Waals surface area (Å²) in [6, 6.07) is 10.3. The first-order chi connectivity index (χ1) is 12.8. The number of nitro groups is 1. The number of carbonyl (C=O) groups is 1. The Hall–Kier alpha value is -3.24. The van der Waals surface area contributed by atoms with Crippen LogP contribution in [0.1, 0.15) is 17.2 Å². The summed E-state index contributed by atoms with van der Waals surface area (Å²) in [6.45, 7) is -0.462. The van der Waals surface area contributed by atoms with Crippen LogP contribution in [0.4, 0.5) is 20.6 Å². The molecular weight excluding hydrogens is 361 g/mol. The second-order valence-electron chi connectivity index (χ2n) is 5.64. The van der Waals surface area contributed by atoms with Gasteiger partial charge in [0.2, 0.25) is 0 Å². The van der Waals surface area contributed by atoms with E-state index in [9.17, 15) is 29.5 Å². The van der Waals surface area contributed by atoms with Gasteiger partial charge in [0.15, 0.2) is 0 Å². The highest BCUT2D eigenvalue weighted by Gasteiger charge is 2.26. The first-order valence-electron chi connectivity index (χ1n) is 7.83. The standard InChI is InChI=1S/C17H18FN3O6/c18-12-7-13(19)14(21(25)26)6-11(12)16(23)15(22)8-20-17(24)27-9-10-4-2-1-3-5-10/h1-7,15-16,22-23H,8-9,19H2,(H,20,24). The molecule has 0 aliphatic carbocycles. The number of hydrogen-bond acceptors (Lipinski definition) is 7. The van der Waals surface area contributed by atoms with E-state index in [2.05, 4.69) is 5.32 Å². The molecule has 2 aromatic rings. The zero-order valence-electron chi connectivity index (χ0n) is 14.0. The van der Waals surface area contributed by atoms with Crippen molar-refractivity contribution >= 4 is 17.5 Å². The number of ether oxygens (including phenoxy) is 1. The number of anilines is 1. The van der Waals surface area contributed by atoms with Crippen molar-refractivity contribution in [2.45, 2.75) is 18.8 Å². The highest BCUT2D eigenvalue weighted by atomic mass is 19.1. The SMILES string of the molecule is Nc1cc(F)c(C(O)C(O)CNC(=O)OCc2ccccc2)cc1[N+](=O)[O-]. The number of nitro benzene ring substituents is 1. The van der Waals surface area contributed by atoms with Crippen LogP contribution >= 0.6 is 0 Å². The number of aliphatic hydroxyl groups excluding tert-OH is 2. The number of hydrogen-bond donors (Lipinski definition) is 4. The Morgan fingerprint density at radius 2 is 1.96 bits per heavy atom. The second-order valence-corrected chi connectivity index (χ2v) is 5.64. The summed E-state index contributed by atoms with van der Waals surface area (Å²) in [5.41, 5.74) is 4.58. The molecule has 0 heterocycles. The van der Waals surface area contributed by atoms with E-state index in [-0.39, 0.29) is 6.61 Å². The number of nitrogens with two attached hydrogens (primary N) is 1. The molecule has 2 aromatic carbocycles. The molecule has 10 heteroatoms. The zero-order valence-corrected chi connectivity index (χ0v) is 14.0. The van der Waals surface area contributed by atoms with Crippen molar-refractivity contribution in [2.75, 3.05) is 12.3 Å². The van der Waals surface area contributed by atoms with E-state index in [0.29, 0.717) is 6.07 Å². The molecule has 0 bridgehead atoms. The quantitative estimate of drug-likeness (QED) is 0.325. The van der Waals surface area contributed by atoms with Gasteiger partial charge < -0.3 is 26.0 Å². The maximum atomic E-state index is 13.9. The van der Waals surface area contributed by atoms with Crippen molar-refractivity contribution in [3.05, 3.63) is 69.5 Å². The average Bonchev–Trinajstić information content (AvgIpc) is 2.64. The van der Waals surface area contributed by atoms with Gasteiger partial charge in [-0.15, -0.1) is 0 Å². The number of aliphatic hydroxyl groups is 2. The summed E-state index contributed by atoms with van der Waals surface area (Å²) < 4.78 is 18.9. The van der Waals surface area contributed by atoms with E-state index < -0.39 is 52.5 Å². The molecule has 9 nitrogen and oxygen atoms in total. The normalized spacial score (nSPS) is 12.9. The minimum absolute atomic E-state index is 0.00407. The molecule has 2 rings (SSSR count). The third kappa shape index (κ3) is 5.36. The Labute approximate surface area is 153 Å². The fourth-order valence-electron chi connectivity index (χ4n) is 2.26. The van der Waals surface area contributed by atoms with E-state index in [1.165, 1.54) is 0 Å². The summed E-state index contributed by atoms with van der Waals surface area (Å²) >= 11 is 0. The minimum Gasteiger partial charge on any atom is -0.445 e. The molecule has 0 radical (unpaired) electrons. The van der Waals surface area contributed by atoms with Gasteiger partial charge >= 0.3 is 6.09 Å². The fraction of sp³-hybridized carbons (Fsp3) is 0.235. The third-order valence-corrected chi connectivity index (χ3v) is 3.69. The van der Waals surface area contributed by atoms with Crippen LogP contribution in [0.25, 0.3) is 0 Å². The first-order valence-corrected chi connectivity index (χ1v) is 7.83. The number of benzene rings is 2. The minimum atomic E-state index is -1.82. The molecule has 144 valence electrons. The van der Waals surface area contributed by atoms with Crippen molar-refractivity contribution in [3.8, 4) is 0 Å². The molecule has 0 aliphatic heterocycles. The molecule has 5 N–H and O–H groups in total. The van der Waals surface area contributed by atoms with Gasteiger partial charge in [0.25, 0.3) is 5.69 Å². The number of nitrogens with zero attached hydrogens (tertiary/aromatic N) is 1. The van der Waals surface area contributed by atoms with E-state index in [0.717, 1.165) is 11.6 Å². The number of amides is 1. The number of nitrogens with one attached hydrogen (secondary N) is 1. The molecular formula is C17H18FN3O6. The van der Waals surface area contributed by atoms with Gasteiger partial charge in [0, 0.05) is 24.2 Å². The van der Waals surface area contributed by atoms with Crippen LogP contribution in [0.3, 0.4) is 0 Å². The highest BCUT2D eigenvalue weighted by molar-refractivity contribution is 5.67. The first kappa shape index (κ1) is 20.1. The Morgan fingerprint density at radius 3 is 2.59 bits per heavy atom. The van der Waals surface area contributed by atoms with E-state index in [1.54, 1.807) is 24.3 Å². The van der Waals surface area contributed by atoms with E-state index in [1.807, 2.05) is 6.07 Å². The molecule has 0 saturated carbocycles. The van der Waals surface area contributed by atoms with Crippen LogP contribution in [-0.4, -0.2) is 33.9 Å². The number of rotatable bonds is 7. The van der Waals surface area contributed by atoms with Gasteiger partial charge in [-0.3, -0.25) is 10.1 Å². The molecule has 27 heavy (non-hydrogen) atoms. The van der Waals surface area contributed by atoms with Gasteiger partial charge in [-0.1, -0.05) is 30.3 Å². The van der Waals surface area contributed by atoms with Crippen LogP contribution in [0, 0.1) is 15.9 Å². The molecule has 0 saturated heterocycles. The highest BCUT2D eigenvalue weighted by Crippen LogP contribution is 2.29.